The maximum absolute atomic E-state index is 11.6. The second kappa shape index (κ2) is 6.05. The Balaban J connectivity index is 2.80. The van der Waals surface area contributed by atoms with Crippen molar-refractivity contribution in [1.82, 2.24) is 5.32 Å². The van der Waals surface area contributed by atoms with Gasteiger partial charge in [-0.15, -0.1) is 0 Å². The van der Waals surface area contributed by atoms with Crippen LogP contribution in [-0.4, -0.2) is 23.1 Å². The molecule has 18 heavy (non-hydrogen) atoms. The van der Waals surface area contributed by atoms with Crippen molar-refractivity contribution in [3.8, 4) is 0 Å². The SMILES string of the molecule is CCC(C)NC(=O)Nc1cc(C(=O)O)ccc1C. The molecule has 1 aromatic carbocycles. The highest BCUT2D eigenvalue weighted by Gasteiger charge is 2.10. The number of amides is 2. The van der Waals surface area contributed by atoms with Gasteiger partial charge in [-0.3, -0.25) is 0 Å². The standard InChI is InChI=1S/C13H18N2O3/c1-4-9(3)14-13(18)15-11-7-10(12(16)17)6-5-8(11)2/h5-7,9H,4H2,1-3H3,(H,16,17)(H2,14,15,18). The molecule has 1 unspecified atom stereocenters. The van der Waals surface area contributed by atoms with Crippen molar-refractivity contribution in [3.63, 3.8) is 0 Å². The number of urea groups is 1. The summed E-state index contributed by atoms with van der Waals surface area (Å²) in [4.78, 5) is 22.5. The van der Waals surface area contributed by atoms with Crippen LogP contribution in [0.1, 0.15) is 36.2 Å². The fourth-order valence-corrected chi connectivity index (χ4v) is 1.37. The predicted octanol–water partition coefficient (Wildman–Crippen LogP) is 2.61. The molecule has 0 saturated heterocycles. The first kappa shape index (κ1) is 14.0. The number of aromatic carboxylic acids is 1. The van der Waals surface area contributed by atoms with Crippen LogP contribution in [-0.2, 0) is 0 Å². The third-order valence-corrected chi connectivity index (χ3v) is 2.72. The maximum atomic E-state index is 11.6. The smallest absolute Gasteiger partial charge is 0.335 e. The molecule has 3 N–H and O–H groups in total. The van der Waals surface area contributed by atoms with Crippen LogP contribution in [0.2, 0.25) is 0 Å². The van der Waals surface area contributed by atoms with Crippen LogP contribution in [0.5, 0.6) is 0 Å². The quantitative estimate of drug-likeness (QED) is 0.768. The number of rotatable bonds is 4. The maximum Gasteiger partial charge on any atom is 0.335 e. The summed E-state index contributed by atoms with van der Waals surface area (Å²) < 4.78 is 0. The normalized spacial score (nSPS) is 11.7. The second-order valence-electron chi connectivity index (χ2n) is 4.24. The topological polar surface area (TPSA) is 78.4 Å². The second-order valence-corrected chi connectivity index (χ2v) is 4.24. The van der Waals surface area contributed by atoms with Crippen LogP contribution in [0, 0.1) is 6.92 Å². The van der Waals surface area contributed by atoms with Crippen LogP contribution < -0.4 is 10.6 Å². The fraction of sp³-hybridized carbons (Fsp3) is 0.385. The monoisotopic (exact) mass is 250 g/mol. The molecule has 5 heteroatoms. The van der Waals surface area contributed by atoms with Gasteiger partial charge in [-0.05, 0) is 38.0 Å². The highest BCUT2D eigenvalue weighted by Crippen LogP contribution is 2.16. The molecule has 0 fully saturated rings. The van der Waals surface area contributed by atoms with Crippen LogP contribution in [0.15, 0.2) is 18.2 Å². The summed E-state index contributed by atoms with van der Waals surface area (Å²) in [6.45, 7) is 5.69. The van der Waals surface area contributed by atoms with Gasteiger partial charge in [-0.25, -0.2) is 9.59 Å². The van der Waals surface area contributed by atoms with Crippen molar-refractivity contribution in [3.05, 3.63) is 29.3 Å². The first-order valence-corrected chi connectivity index (χ1v) is 5.85. The summed E-state index contributed by atoms with van der Waals surface area (Å²) in [6.07, 6.45) is 0.835. The van der Waals surface area contributed by atoms with E-state index in [0.29, 0.717) is 5.69 Å². The Kier molecular flexibility index (Phi) is 4.71. The minimum Gasteiger partial charge on any atom is -0.478 e. The van der Waals surface area contributed by atoms with Crippen LogP contribution >= 0.6 is 0 Å². The molecule has 0 saturated carbocycles. The summed E-state index contributed by atoms with van der Waals surface area (Å²) in [5.41, 5.74) is 1.48. The molecule has 98 valence electrons. The van der Waals surface area contributed by atoms with Crippen molar-refractivity contribution in [2.45, 2.75) is 33.2 Å². The average molecular weight is 250 g/mol. The molecule has 0 heterocycles. The number of hydrogen-bond acceptors (Lipinski definition) is 2. The molecule has 0 aliphatic heterocycles. The van der Waals surface area contributed by atoms with Crippen LogP contribution in [0.25, 0.3) is 0 Å². The Hall–Kier alpha value is -2.04. The molecular formula is C13H18N2O3. The zero-order chi connectivity index (χ0) is 13.7. The van der Waals surface area contributed by atoms with Crippen molar-refractivity contribution in [2.24, 2.45) is 0 Å². The Morgan fingerprint density at radius 1 is 1.39 bits per heavy atom. The van der Waals surface area contributed by atoms with Gasteiger partial charge in [-0.2, -0.15) is 0 Å². The van der Waals surface area contributed by atoms with Crippen molar-refractivity contribution in [1.29, 1.82) is 0 Å². The molecule has 1 rings (SSSR count). The van der Waals surface area contributed by atoms with E-state index in [9.17, 15) is 9.59 Å². The molecule has 0 aliphatic carbocycles. The van der Waals surface area contributed by atoms with Gasteiger partial charge in [0, 0.05) is 11.7 Å². The van der Waals surface area contributed by atoms with E-state index in [-0.39, 0.29) is 17.6 Å². The molecule has 1 atom stereocenters. The first-order chi connectivity index (χ1) is 8.43. The van der Waals surface area contributed by atoms with E-state index in [4.69, 9.17) is 5.11 Å². The molecule has 0 spiro atoms. The van der Waals surface area contributed by atoms with E-state index < -0.39 is 5.97 Å². The van der Waals surface area contributed by atoms with E-state index in [2.05, 4.69) is 10.6 Å². The Labute approximate surface area is 106 Å². The molecule has 1 aromatic rings. The highest BCUT2D eigenvalue weighted by molar-refractivity contribution is 5.94. The lowest BCUT2D eigenvalue weighted by molar-refractivity contribution is 0.0697. The summed E-state index contributed by atoms with van der Waals surface area (Å²) in [5.74, 6) is -1.01. The van der Waals surface area contributed by atoms with Crippen LogP contribution in [0.4, 0.5) is 10.5 Å². The summed E-state index contributed by atoms with van der Waals surface area (Å²) in [7, 11) is 0. The van der Waals surface area contributed by atoms with Gasteiger partial charge < -0.3 is 15.7 Å². The number of carbonyl (C=O) groups excluding carboxylic acids is 1. The van der Waals surface area contributed by atoms with Gasteiger partial charge in [0.2, 0.25) is 0 Å². The van der Waals surface area contributed by atoms with E-state index in [1.165, 1.54) is 12.1 Å². The third-order valence-electron chi connectivity index (χ3n) is 2.72. The molecular weight excluding hydrogens is 232 g/mol. The highest BCUT2D eigenvalue weighted by atomic mass is 16.4. The molecule has 0 aromatic heterocycles. The first-order valence-electron chi connectivity index (χ1n) is 5.85. The van der Waals surface area contributed by atoms with Crippen molar-refractivity contribution < 1.29 is 14.7 Å². The largest absolute Gasteiger partial charge is 0.478 e. The number of benzene rings is 1. The number of anilines is 1. The number of aryl methyl sites for hydroxylation is 1. The number of carbonyl (C=O) groups is 2. The lowest BCUT2D eigenvalue weighted by Gasteiger charge is -2.14. The van der Waals surface area contributed by atoms with Crippen LogP contribution in [0.3, 0.4) is 0 Å². The van der Waals surface area contributed by atoms with Crippen molar-refractivity contribution in [2.75, 3.05) is 5.32 Å². The molecule has 0 aliphatic rings. The minimum atomic E-state index is -1.01. The lowest BCUT2D eigenvalue weighted by Crippen LogP contribution is -2.35. The number of nitrogens with one attached hydrogen (secondary N) is 2. The zero-order valence-corrected chi connectivity index (χ0v) is 10.8. The predicted molar refractivity (Wildman–Crippen MR) is 70.0 cm³/mol. The Morgan fingerprint density at radius 2 is 2.06 bits per heavy atom. The van der Waals surface area contributed by atoms with Gasteiger partial charge in [0.15, 0.2) is 0 Å². The van der Waals surface area contributed by atoms with Crippen molar-refractivity contribution >= 4 is 17.7 Å². The molecule has 0 bridgehead atoms. The third kappa shape index (κ3) is 3.76. The number of carboxylic acid groups (broad SMARTS) is 1. The fourth-order valence-electron chi connectivity index (χ4n) is 1.37. The summed E-state index contributed by atoms with van der Waals surface area (Å²) in [6, 6.07) is 4.38. The van der Waals surface area contributed by atoms with E-state index >= 15 is 0 Å². The van der Waals surface area contributed by atoms with Gasteiger partial charge in [0.25, 0.3) is 0 Å². The Morgan fingerprint density at radius 3 is 2.61 bits per heavy atom. The van der Waals surface area contributed by atoms with Gasteiger partial charge >= 0.3 is 12.0 Å². The summed E-state index contributed by atoms with van der Waals surface area (Å²) in [5, 5.41) is 14.3. The number of carboxylic acids is 1. The number of hydrogen-bond donors (Lipinski definition) is 3. The molecule has 0 radical (unpaired) electrons. The zero-order valence-electron chi connectivity index (χ0n) is 10.8. The summed E-state index contributed by atoms with van der Waals surface area (Å²) >= 11 is 0. The van der Waals surface area contributed by atoms with E-state index in [0.717, 1.165) is 12.0 Å². The lowest BCUT2D eigenvalue weighted by atomic mass is 10.1. The van der Waals surface area contributed by atoms with Gasteiger partial charge in [-0.1, -0.05) is 13.0 Å². The van der Waals surface area contributed by atoms with E-state index in [1.807, 2.05) is 20.8 Å². The average Bonchev–Trinajstić information content (AvgIpc) is 2.31. The minimum absolute atomic E-state index is 0.0768. The Bertz CT molecular complexity index is 458. The van der Waals surface area contributed by atoms with E-state index in [1.54, 1.807) is 6.07 Å². The van der Waals surface area contributed by atoms with Gasteiger partial charge in [0.1, 0.15) is 0 Å². The molecule has 2 amide bonds. The van der Waals surface area contributed by atoms with Gasteiger partial charge in [0.05, 0.1) is 5.56 Å². The molecule has 5 nitrogen and oxygen atoms in total.